The molecule has 0 atom stereocenters. The van der Waals surface area contributed by atoms with E-state index in [1.165, 1.54) is 20.8 Å². The molecule has 174 valence electrons. The average molecular weight is 434 g/mol. The highest BCUT2D eigenvalue weighted by Gasteiger charge is 2.43. The highest BCUT2D eigenvalue weighted by Crippen LogP contribution is 2.25. The van der Waals surface area contributed by atoms with Crippen LogP contribution in [0.3, 0.4) is 0 Å². The summed E-state index contributed by atoms with van der Waals surface area (Å²) in [5.74, 6) is -2.68. The molecule has 0 aromatic carbocycles. The van der Waals surface area contributed by atoms with E-state index < -0.39 is 73.8 Å². The van der Waals surface area contributed by atoms with Gasteiger partial charge in [0.2, 0.25) is 0 Å². The predicted octanol–water partition coefficient (Wildman–Crippen LogP) is -0.430. The van der Waals surface area contributed by atoms with E-state index in [4.69, 9.17) is 14.2 Å². The molecule has 4 N–H and O–H groups in total. The summed E-state index contributed by atoms with van der Waals surface area (Å²) in [5.41, 5.74) is -4.74. The molecule has 10 nitrogen and oxygen atoms in total. The van der Waals surface area contributed by atoms with Crippen LogP contribution in [0.5, 0.6) is 0 Å². The molecule has 0 unspecified atom stereocenters. The standard InChI is InChI=1S/C20H34O10/c1-5-6-7-8-28-17(27)20(4,13-29-15(25)18(2,9-21)10-22)14-30-16(26)19(3,11-23)12-24/h5,21-24H,1,6-14H2,2-4H3. The van der Waals surface area contributed by atoms with Gasteiger partial charge < -0.3 is 34.6 Å². The van der Waals surface area contributed by atoms with Crippen LogP contribution in [0, 0.1) is 16.2 Å². The molecule has 0 amide bonds. The van der Waals surface area contributed by atoms with E-state index in [9.17, 15) is 34.8 Å². The summed E-state index contributed by atoms with van der Waals surface area (Å²) in [4.78, 5) is 37.0. The second kappa shape index (κ2) is 12.6. The summed E-state index contributed by atoms with van der Waals surface area (Å²) in [6.07, 6.45) is 2.79. The Morgan fingerprint density at radius 1 is 0.733 bits per heavy atom. The van der Waals surface area contributed by atoms with E-state index in [2.05, 4.69) is 6.58 Å². The van der Waals surface area contributed by atoms with E-state index in [0.29, 0.717) is 12.8 Å². The van der Waals surface area contributed by atoms with Crippen molar-refractivity contribution in [2.75, 3.05) is 46.2 Å². The first kappa shape index (κ1) is 28.0. The van der Waals surface area contributed by atoms with Crippen LogP contribution in [-0.2, 0) is 28.6 Å². The minimum Gasteiger partial charge on any atom is -0.465 e. The van der Waals surface area contributed by atoms with E-state index in [1.807, 2.05) is 0 Å². The van der Waals surface area contributed by atoms with Gasteiger partial charge in [0, 0.05) is 0 Å². The van der Waals surface area contributed by atoms with Gasteiger partial charge in [-0.3, -0.25) is 14.4 Å². The molecule has 0 aromatic rings. The molecule has 0 aliphatic carbocycles. The number of aliphatic hydroxyl groups excluding tert-OH is 4. The van der Waals surface area contributed by atoms with Crippen LogP contribution in [-0.4, -0.2) is 84.6 Å². The second-order valence-corrected chi connectivity index (χ2v) is 8.03. The molecule has 0 fully saturated rings. The van der Waals surface area contributed by atoms with Gasteiger partial charge in [-0.15, -0.1) is 6.58 Å². The molecule has 0 bridgehead atoms. The summed E-state index contributed by atoms with van der Waals surface area (Å²) in [6.45, 7) is 3.76. The number of carbonyl (C=O) groups is 3. The molecule has 0 radical (unpaired) electrons. The van der Waals surface area contributed by atoms with Crippen molar-refractivity contribution in [2.24, 2.45) is 16.2 Å². The van der Waals surface area contributed by atoms with Gasteiger partial charge in [-0.1, -0.05) is 6.08 Å². The van der Waals surface area contributed by atoms with Crippen LogP contribution in [0.1, 0.15) is 33.6 Å². The Labute approximate surface area is 176 Å². The number of unbranched alkanes of at least 4 members (excludes halogenated alkanes) is 1. The van der Waals surface area contributed by atoms with Crippen molar-refractivity contribution in [2.45, 2.75) is 33.6 Å². The van der Waals surface area contributed by atoms with E-state index in [-0.39, 0.29) is 6.61 Å². The first-order chi connectivity index (χ1) is 14.0. The molecule has 0 spiro atoms. The molecule has 0 aromatic heterocycles. The number of esters is 3. The van der Waals surface area contributed by atoms with Gasteiger partial charge in [-0.25, -0.2) is 0 Å². The maximum Gasteiger partial charge on any atom is 0.318 e. The maximum atomic E-state index is 12.6. The van der Waals surface area contributed by atoms with Crippen LogP contribution in [0.25, 0.3) is 0 Å². The molecule has 0 aliphatic heterocycles. The van der Waals surface area contributed by atoms with E-state index in [0.717, 1.165) is 0 Å². The first-order valence-corrected chi connectivity index (χ1v) is 9.54. The van der Waals surface area contributed by atoms with Crippen LogP contribution < -0.4 is 0 Å². The number of allylic oxidation sites excluding steroid dienone is 1. The van der Waals surface area contributed by atoms with Crippen LogP contribution in [0.4, 0.5) is 0 Å². The normalized spacial score (nSPS) is 12.2. The molecule has 0 rings (SSSR count). The highest BCUT2D eigenvalue weighted by atomic mass is 16.6. The lowest BCUT2D eigenvalue weighted by atomic mass is 9.90. The van der Waals surface area contributed by atoms with Crippen LogP contribution >= 0.6 is 0 Å². The number of rotatable bonds is 15. The Kier molecular flexibility index (Phi) is 11.8. The first-order valence-electron chi connectivity index (χ1n) is 9.54. The molecular weight excluding hydrogens is 400 g/mol. The lowest BCUT2D eigenvalue weighted by molar-refractivity contribution is -0.179. The van der Waals surface area contributed by atoms with E-state index >= 15 is 0 Å². The van der Waals surface area contributed by atoms with Crippen molar-refractivity contribution in [3.63, 3.8) is 0 Å². The second-order valence-electron chi connectivity index (χ2n) is 8.03. The fraction of sp³-hybridized carbons (Fsp3) is 0.750. The summed E-state index contributed by atoms with van der Waals surface area (Å²) >= 11 is 0. The van der Waals surface area contributed by atoms with Crippen LogP contribution in [0.2, 0.25) is 0 Å². The third kappa shape index (κ3) is 7.67. The highest BCUT2D eigenvalue weighted by molar-refractivity contribution is 5.80. The zero-order valence-electron chi connectivity index (χ0n) is 17.9. The Hall–Kier alpha value is -2.01. The SMILES string of the molecule is C=CCCCOC(=O)C(C)(COC(=O)C(C)(CO)CO)COC(=O)C(C)(CO)CO. The molecule has 0 saturated carbocycles. The van der Waals surface area contributed by atoms with Gasteiger partial charge in [0.25, 0.3) is 0 Å². The van der Waals surface area contributed by atoms with Gasteiger partial charge in [-0.05, 0) is 33.6 Å². The lowest BCUT2D eigenvalue weighted by Crippen LogP contribution is -2.45. The lowest BCUT2D eigenvalue weighted by Gasteiger charge is -2.30. The van der Waals surface area contributed by atoms with Gasteiger partial charge >= 0.3 is 17.9 Å². The third-order valence-corrected chi connectivity index (χ3v) is 4.70. The van der Waals surface area contributed by atoms with Crippen molar-refractivity contribution in [1.82, 2.24) is 0 Å². The summed E-state index contributed by atoms with van der Waals surface area (Å²) in [5, 5.41) is 37.2. The Morgan fingerprint density at radius 2 is 1.10 bits per heavy atom. The monoisotopic (exact) mass is 434 g/mol. The molecular formula is C20H34O10. The van der Waals surface area contributed by atoms with Crippen molar-refractivity contribution >= 4 is 17.9 Å². The molecule has 0 saturated heterocycles. The van der Waals surface area contributed by atoms with Crippen molar-refractivity contribution in [1.29, 1.82) is 0 Å². The van der Waals surface area contributed by atoms with Crippen molar-refractivity contribution in [3.8, 4) is 0 Å². The average Bonchev–Trinajstić information content (AvgIpc) is 2.77. The Morgan fingerprint density at radius 3 is 1.43 bits per heavy atom. The van der Waals surface area contributed by atoms with Crippen molar-refractivity contribution < 1.29 is 49.0 Å². The van der Waals surface area contributed by atoms with Gasteiger partial charge in [0.05, 0.1) is 33.0 Å². The fourth-order valence-electron chi connectivity index (χ4n) is 1.88. The summed E-state index contributed by atoms with van der Waals surface area (Å²) in [6, 6.07) is 0. The quantitative estimate of drug-likeness (QED) is 0.115. The number of ether oxygens (including phenoxy) is 3. The number of carbonyl (C=O) groups excluding carboxylic acids is 3. The maximum absolute atomic E-state index is 12.6. The topological polar surface area (TPSA) is 160 Å². The Balaban J connectivity index is 5.34. The van der Waals surface area contributed by atoms with E-state index in [1.54, 1.807) is 6.08 Å². The van der Waals surface area contributed by atoms with Crippen molar-refractivity contribution in [3.05, 3.63) is 12.7 Å². The minimum atomic E-state index is -1.60. The minimum absolute atomic E-state index is 0.0678. The zero-order valence-corrected chi connectivity index (χ0v) is 17.9. The molecule has 10 heteroatoms. The molecule has 0 aliphatic rings. The third-order valence-electron chi connectivity index (χ3n) is 4.70. The van der Waals surface area contributed by atoms with Gasteiger partial charge in [0.1, 0.15) is 29.5 Å². The summed E-state index contributed by atoms with van der Waals surface area (Å²) < 4.78 is 15.4. The number of hydrogen-bond acceptors (Lipinski definition) is 10. The smallest absolute Gasteiger partial charge is 0.318 e. The number of hydrogen-bond donors (Lipinski definition) is 4. The van der Waals surface area contributed by atoms with Gasteiger partial charge in [0.15, 0.2) is 0 Å². The van der Waals surface area contributed by atoms with Gasteiger partial charge in [-0.2, -0.15) is 0 Å². The fourth-order valence-corrected chi connectivity index (χ4v) is 1.88. The largest absolute Gasteiger partial charge is 0.465 e. The Bertz CT molecular complexity index is 544. The molecule has 30 heavy (non-hydrogen) atoms. The zero-order chi connectivity index (χ0) is 23.4. The molecule has 0 heterocycles. The number of aliphatic hydroxyl groups is 4. The predicted molar refractivity (Wildman–Crippen MR) is 105 cm³/mol. The van der Waals surface area contributed by atoms with Crippen LogP contribution in [0.15, 0.2) is 12.7 Å². The summed E-state index contributed by atoms with van der Waals surface area (Å²) in [7, 11) is 0.